The monoisotopic (exact) mass is 362 g/mol. The molecule has 0 N–H and O–H groups in total. The molecule has 4 heteroatoms. The molecule has 0 atom stereocenters. The van der Waals surface area contributed by atoms with E-state index in [1.54, 1.807) is 7.11 Å². The molecule has 0 aliphatic carbocycles. The lowest BCUT2D eigenvalue weighted by atomic mass is 10.3. The van der Waals surface area contributed by atoms with Gasteiger partial charge < -0.3 is 4.74 Å². The van der Waals surface area contributed by atoms with Crippen LogP contribution in [0, 0.1) is 6.92 Å². The third-order valence-corrected chi connectivity index (χ3v) is 4.68. The number of fused-ring (bicyclic) bond motifs is 1. The average Bonchev–Trinajstić information content (AvgIpc) is 2.66. The molecule has 0 radical (unpaired) electrons. The van der Waals surface area contributed by atoms with Gasteiger partial charge in [-0.1, -0.05) is 40.0 Å². The van der Waals surface area contributed by atoms with E-state index in [0.717, 1.165) is 12.3 Å². The molecule has 0 saturated carbocycles. The summed E-state index contributed by atoms with van der Waals surface area (Å²) in [6.45, 7) is 3.28. The summed E-state index contributed by atoms with van der Waals surface area (Å²) in [6.07, 6.45) is 2.51. The Morgan fingerprint density at radius 2 is 2.18 bits per heavy atom. The van der Waals surface area contributed by atoms with Crippen LogP contribution in [0.4, 0.5) is 0 Å². The molecule has 1 aromatic carbocycles. The highest BCUT2D eigenvalue weighted by atomic mass is 127. The molecule has 0 aliphatic heterocycles. The van der Waals surface area contributed by atoms with Crippen LogP contribution in [0.25, 0.3) is 10.2 Å². The number of rotatable bonds is 5. The van der Waals surface area contributed by atoms with E-state index in [4.69, 9.17) is 4.74 Å². The normalized spacial score (nSPS) is 11.0. The standard InChI is InChI=1S/C13H17INOS/c1-10-15(9-4-3-8-14)13-11(16-2)6-5-7-12(13)17-10/h5-7H,3-4,8-9H2,1-2H3/q+1. The predicted molar refractivity (Wildman–Crippen MR) is 81.4 cm³/mol. The molecule has 0 aliphatic rings. The fraction of sp³-hybridized carbons (Fsp3) is 0.462. The topological polar surface area (TPSA) is 13.1 Å². The van der Waals surface area contributed by atoms with E-state index in [-0.39, 0.29) is 0 Å². The van der Waals surface area contributed by atoms with Gasteiger partial charge in [0.05, 0.1) is 7.11 Å². The number of thiazole rings is 1. The molecule has 0 fully saturated rings. The van der Waals surface area contributed by atoms with E-state index in [1.165, 1.54) is 32.5 Å². The molecule has 0 unspecified atom stereocenters. The summed E-state index contributed by atoms with van der Waals surface area (Å²) in [4.78, 5) is 0. The summed E-state index contributed by atoms with van der Waals surface area (Å²) in [5, 5.41) is 1.36. The van der Waals surface area contributed by atoms with Crippen LogP contribution in [-0.4, -0.2) is 11.5 Å². The van der Waals surface area contributed by atoms with Crippen LogP contribution >= 0.6 is 33.9 Å². The fourth-order valence-electron chi connectivity index (χ4n) is 2.02. The Kier molecular flexibility index (Phi) is 4.62. The lowest BCUT2D eigenvalue weighted by Gasteiger charge is -2.00. The maximum atomic E-state index is 5.47. The first kappa shape index (κ1) is 13.1. The first-order valence-electron chi connectivity index (χ1n) is 5.80. The van der Waals surface area contributed by atoms with Gasteiger partial charge in [0, 0.05) is 13.3 Å². The quantitative estimate of drug-likeness (QED) is 0.342. The van der Waals surface area contributed by atoms with Crippen molar-refractivity contribution in [1.82, 2.24) is 0 Å². The van der Waals surface area contributed by atoms with Gasteiger partial charge in [-0.3, -0.25) is 0 Å². The number of aryl methyl sites for hydroxylation is 2. The predicted octanol–water partition coefficient (Wildman–Crippen LogP) is 3.72. The second-order valence-corrected chi connectivity index (χ2v) is 6.29. The number of aromatic nitrogens is 1. The van der Waals surface area contributed by atoms with Gasteiger partial charge in [0.25, 0.3) is 5.52 Å². The van der Waals surface area contributed by atoms with Crippen molar-refractivity contribution in [3.05, 3.63) is 23.2 Å². The third-order valence-electron chi connectivity index (χ3n) is 2.85. The van der Waals surface area contributed by atoms with Crippen LogP contribution in [0.1, 0.15) is 17.8 Å². The minimum Gasteiger partial charge on any atom is -0.490 e. The van der Waals surface area contributed by atoms with E-state index in [2.05, 4.69) is 46.2 Å². The van der Waals surface area contributed by atoms with Gasteiger partial charge in [0.15, 0.2) is 5.75 Å². The number of hydrogen-bond donors (Lipinski definition) is 0. The number of unbranched alkanes of at least 4 members (excludes halogenated alkanes) is 1. The number of para-hydroxylation sites is 1. The van der Waals surface area contributed by atoms with E-state index in [9.17, 15) is 0 Å². The largest absolute Gasteiger partial charge is 0.490 e. The molecule has 0 bridgehead atoms. The van der Waals surface area contributed by atoms with Gasteiger partial charge in [0.1, 0.15) is 11.2 Å². The summed E-state index contributed by atoms with van der Waals surface area (Å²) in [5.41, 5.74) is 1.26. The Morgan fingerprint density at radius 1 is 1.35 bits per heavy atom. The molecule has 1 heterocycles. The SMILES string of the molecule is COc1cccc2sc(C)[n+](CCCCI)c12. The Balaban J connectivity index is 2.41. The van der Waals surface area contributed by atoms with Gasteiger partial charge in [0.2, 0.25) is 5.01 Å². The van der Waals surface area contributed by atoms with Crippen molar-refractivity contribution in [1.29, 1.82) is 0 Å². The smallest absolute Gasteiger partial charge is 0.266 e. The number of benzene rings is 1. The van der Waals surface area contributed by atoms with Gasteiger partial charge in [-0.2, -0.15) is 4.57 Å². The summed E-state index contributed by atoms with van der Waals surface area (Å²) in [5.74, 6) is 0.987. The highest BCUT2D eigenvalue weighted by molar-refractivity contribution is 14.1. The number of alkyl halides is 1. The molecule has 92 valence electrons. The number of halogens is 1. The van der Waals surface area contributed by atoms with Crippen molar-refractivity contribution in [2.24, 2.45) is 0 Å². The Hall–Kier alpha value is -0.360. The highest BCUT2D eigenvalue weighted by Gasteiger charge is 2.20. The van der Waals surface area contributed by atoms with Crippen molar-refractivity contribution in [3.8, 4) is 5.75 Å². The second kappa shape index (κ2) is 6.00. The van der Waals surface area contributed by atoms with E-state index < -0.39 is 0 Å². The maximum Gasteiger partial charge on any atom is 0.266 e. The zero-order valence-corrected chi connectivity index (χ0v) is 13.2. The lowest BCUT2D eigenvalue weighted by Crippen LogP contribution is -2.35. The maximum absolute atomic E-state index is 5.47. The minimum atomic E-state index is 0.987. The van der Waals surface area contributed by atoms with Crippen LogP contribution in [-0.2, 0) is 6.54 Å². The first-order valence-corrected chi connectivity index (χ1v) is 8.14. The van der Waals surface area contributed by atoms with Crippen molar-refractivity contribution < 1.29 is 9.30 Å². The van der Waals surface area contributed by atoms with Gasteiger partial charge in [-0.15, -0.1) is 0 Å². The molecule has 2 rings (SSSR count). The molecule has 2 aromatic rings. The van der Waals surface area contributed by atoms with E-state index >= 15 is 0 Å². The van der Waals surface area contributed by atoms with Crippen molar-refractivity contribution in [2.45, 2.75) is 26.3 Å². The third kappa shape index (κ3) is 2.73. The Morgan fingerprint density at radius 3 is 2.88 bits per heavy atom. The molecular weight excluding hydrogens is 345 g/mol. The molecule has 2 nitrogen and oxygen atoms in total. The Labute approximate surface area is 120 Å². The first-order chi connectivity index (χ1) is 8.27. The van der Waals surface area contributed by atoms with Crippen LogP contribution in [0.5, 0.6) is 5.75 Å². The van der Waals surface area contributed by atoms with Crippen LogP contribution in [0.3, 0.4) is 0 Å². The number of methoxy groups -OCH3 is 1. The van der Waals surface area contributed by atoms with Crippen molar-refractivity contribution in [2.75, 3.05) is 11.5 Å². The molecular formula is C13H17INOS+. The van der Waals surface area contributed by atoms with E-state index in [1.807, 2.05) is 17.4 Å². The molecule has 0 spiro atoms. The summed E-state index contributed by atoms with van der Waals surface area (Å²) >= 11 is 4.29. The zero-order chi connectivity index (χ0) is 12.3. The highest BCUT2D eigenvalue weighted by Crippen LogP contribution is 2.27. The molecule has 0 amide bonds. The van der Waals surface area contributed by atoms with Crippen LogP contribution < -0.4 is 9.30 Å². The summed E-state index contributed by atoms with van der Waals surface area (Å²) in [6, 6.07) is 6.28. The minimum absolute atomic E-state index is 0.987. The number of nitrogens with zero attached hydrogens (tertiary/aromatic N) is 1. The van der Waals surface area contributed by atoms with Crippen LogP contribution in [0.2, 0.25) is 0 Å². The molecule has 1 aromatic heterocycles. The van der Waals surface area contributed by atoms with Crippen molar-refractivity contribution in [3.63, 3.8) is 0 Å². The van der Waals surface area contributed by atoms with Gasteiger partial charge in [-0.25, -0.2) is 0 Å². The average molecular weight is 362 g/mol. The van der Waals surface area contributed by atoms with Gasteiger partial charge >= 0.3 is 0 Å². The van der Waals surface area contributed by atoms with Crippen molar-refractivity contribution >= 4 is 44.1 Å². The lowest BCUT2D eigenvalue weighted by molar-refractivity contribution is -0.673. The number of ether oxygens (including phenoxy) is 1. The van der Waals surface area contributed by atoms with E-state index in [0.29, 0.717) is 0 Å². The molecule has 17 heavy (non-hydrogen) atoms. The fourth-order valence-corrected chi connectivity index (χ4v) is 3.63. The molecule has 0 saturated heterocycles. The van der Waals surface area contributed by atoms with Gasteiger partial charge in [-0.05, 0) is 23.0 Å². The number of hydrogen-bond acceptors (Lipinski definition) is 2. The van der Waals surface area contributed by atoms with Crippen LogP contribution in [0.15, 0.2) is 18.2 Å². The second-order valence-electron chi connectivity index (χ2n) is 3.98. The zero-order valence-electron chi connectivity index (χ0n) is 10.2. The Bertz CT molecular complexity index is 509. The summed E-state index contributed by atoms with van der Waals surface area (Å²) < 4.78 is 10.4. The summed E-state index contributed by atoms with van der Waals surface area (Å²) in [7, 11) is 1.75.